The van der Waals surface area contributed by atoms with Gasteiger partial charge in [0.05, 0.1) is 16.4 Å². The minimum atomic E-state index is 0.516. The lowest BCUT2D eigenvalue weighted by Crippen LogP contribution is -1.94. The van der Waals surface area contributed by atoms with Crippen molar-refractivity contribution in [2.24, 2.45) is 0 Å². The molecule has 90 valence electrons. The lowest BCUT2D eigenvalue weighted by Gasteiger charge is -2.11. The molecule has 0 aliphatic rings. The molecule has 2 rings (SSSR count). The quantitative estimate of drug-likeness (QED) is 0.825. The SMILES string of the molecule is COc1c(C)cc(C)cc1-c1[nH]nc(N)c1I. The molecule has 3 N–H and O–H groups in total. The number of aryl methyl sites for hydroxylation is 2. The minimum absolute atomic E-state index is 0.516. The maximum absolute atomic E-state index is 5.75. The number of halogens is 1. The Balaban J connectivity index is 2.70. The second-order valence-corrected chi connectivity index (χ2v) is 5.04. The van der Waals surface area contributed by atoms with Gasteiger partial charge in [0.2, 0.25) is 0 Å². The third-order valence-electron chi connectivity index (χ3n) is 2.62. The highest BCUT2D eigenvalue weighted by atomic mass is 127. The summed E-state index contributed by atoms with van der Waals surface area (Å²) in [6.07, 6.45) is 0. The van der Waals surface area contributed by atoms with Gasteiger partial charge in [-0.2, -0.15) is 5.10 Å². The first-order valence-electron chi connectivity index (χ1n) is 5.19. The third kappa shape index (κ3) is 2.11. The molecule has 0 aliphatic carbocycles. The van der Waals surface area contributed by atoms with Gasteiger partial charge in [0.25, 0.3) is 0 Å². The molecule has 2 aromatic rings. The average Bonchev–Trinajstić information content (AvgIpc) is 2.59. The van der Waals surface area contributed by atoms with Crippen LogP contribution in [0.2, 0.25) is 0 Å². The molecule has 0 aliphatic heterocycles. The van der Waals surface area contributed by atoms with E-state index in [1.54, 1.807) is 7.11 Å². The highest BCUT2D eigenvalue weighted by Crippen LogP contribution is 2.36. The second-order valence-electron chi connectivity index (χ2n) is 3.96. The molecule has 0 atom stereocenters. The van der Waals surface area contributed by atoms with Crippen molar-refractivity contribution in [3.63, 3.8) is 0 Å². The van der Waals surface area contributed by atoms with Crippen LogP contribution in [-0.4, -0.2) is 17.3 Å². The smallest absolute Gasteiger partial charge is 0.159 e. The van der Waals surface area contributed by atoms with Crippen molar-refractivity contribution in [3.05, 3.63) is 26.8 Å². The fourth-order valence-corrected chi connectivity index (χ4v) is 2.46. The number of aromatic amines is 1. The molecular weight excluding hydrogens is 329 g/mol. The topological polar surface area (TPSA) is 63.9 Å². The molecule has 17 heavy (non-hydrogen) atoms. The van der Waals surface area contributed by atoms with Crippen LogP contribution in [0.5, 0.6) is 5.75 Å². The monoisotopic (exact) mass is 343 g/mol. The molecule has 5 heteroatoms. The number of nitrogen functional groups attached to an aromatic ring is 1. The number of nitrogens with one attached hydrogen (secondary N) is 1. The van der Waals surface area contributed by atoms with Crippen molar-refractivity contribution in [2.45, 2.75) is 13.8 Å². The van der Waals surface area contributed by atoms with E-state index in [-0.39, 0.29) is 0 Å². The van der Waals surface area contributed by atoms with Crippen LogP contribution >= 0.6 is 22.6 Å². The van der Waals surface area contributed by atoms with E-state index in [4.69, 9.17) is 10.5 Å². The normalized spacial score (nSPS) is 10.6. The number of methoxy groups -OCH3 is 1. The second kappa shape index (κ2) is 4.56. The Hall–Kier alpha value is -1.24. The number of H-pyrrole nitrogens is 1. The molecule has 0 radical (unpaired) electrons. The van der Waals surface area contributed by atoms with Crippen LogP contribution < -0.4 is 10.5 Å². The van der Waals surface area contributed by atoms with Crippen LogP contribution in [0, 0.1) is 17.4 Å². The van der Waals surface area contributed by atoms with Crippen molar-refractivity contribution in [1.82, 2.24) is 10.2 Å². The molecule has 1 aromatic carbocycles. The molecule has 0 saturated carbocycles. The lowest BCUT2D eigenvalue weighted by molar-refractivity contribution is 0.413. The zero-order chi connectivity index (χ0) is 12.6. The standard InChI is InChI=1S/C12H14IN3O/c1-6-4-7(2)11(17-3)8(5-6)10-9(13)12(14)16-15-10/h4-5H,1-3H3,(H3,14,15,16). The van der Waals surface area contributed by atoms with Gasteiger partial charge in [0.15, 0.2) is 5.82 Å². The molecule has 0 bridgehead atoms. The van der Waals surface area contributed by atoms with E-state index in [2.05, 4.69) is 51.8 Å². The largest absolute Gasteiger partial charge is 0.496 e. The fraction of sp³-hybridized carbons (Fsp3) is 0.250. The Bertz CT molecular complexity index is 563. The van der Waals surface area contributed by atoms with E-state index in [1.165, 1.54) is 5.56 Å². The van der Waals surface area contributed by atoms with E-state index in [0.29, 0.717) is 5.82 Å². The van der Waals surface area contributed by atoms with Crippen molar-refractivity contribution in [3.8, 4) is 17.0 Å². The number of hydrogen-bond acceptors (Lipinski definition) is 3. The van der Waals surface area contributed by atoms with E-state index < -0.39 is 0 Å². The summed E-state index contributed by atoms with van der Waals surface area (Å²) in [5, 5.41) is 6.97. The first-order valence-corrected chi connectivity index (χ1v) is 6.27. The van der Waals surface area contributed by atoms with Gasteiger partial charge in [-0.15, -0.1) is 0 Å². The van der Waals surface area contributed by atoms with Gasteiger partial charge in [-0.25, -0.2) is 0 Å². The molecule has 0 unspecified atom stereocenters. The summed E-state index contributed by atoms with van der Waals surface area (Å²) in [4.78, 5) is 0. The molecular formula is C12H14IN3O. The van der Waals surface area contributed by atoms with Gasteiger partial charge < -0.3 is 10.5 Å². The van der Waals surface area contributed by atoms with Crippen LogP contribution in [0.25, 0.3) is 11.3 Å². The maximum Gasteiger partial charge on any atom is 0.159 e. The van der Waals surface area contributed by atoms with Crippen LogP contribution in [0.15, 0.2) is 12.1 Å². The van der Waals surface area contributed by atoms with Crippen molar-refractivity contribution in [2.75, 3.05) is 12.8 Å². The number of aromatic nitrogens is 2. The minimum Gasteiger partial charge on any atom is -0.496 e. The van der Waals surface area contributed by atoms with Crippen LogP contribution in [0.4, 0.5) is 5.82 Å². The Morgan fingerprint density at radius 2 is 2.06 bits per heavy atom. The average molecular weight is 343 g/mol. The Kier molecular flexibility index (Phi) is 3.28. The summed E-state index contributed by atoms with van der Waals surface area (Å²) >= 11 is 2.19. The van der Waals surface area contributed by atoms with Crippen molar-refractivity contribution in [1.29, 1.82) is 0 Å². The van der Waals surface area contributed by atoms with E-state index in [9.17, 15) is 0 Å². The maximum atomic E-state index is 5.75. The summed E-state index contributed by atoms with van der Waals surface area (Å²) in [5.41, 5.74) is 9.95. The van der Waals surface area contributed by atoms with Gasteiger partial charge in [-0.05, 0) is 53.6 Å². The highest BCUT2D eigenvalue weighted by Gasteiger charge is 2.16. The van der Waals surface area contributed by atoms with Gasteiger partial charge in [-0.3, -0.25) is 5.10 Å². The molecule has 1 heterocycles. The molecule has 0 saturated heterocycles. The van der Waals surface area contributed by atoms with Crippen molar-refractivity contribution < 1.29 is 4.74 Å². The lowest BCUT2D eigenvalue weighted by atomic mass is 10.0. The molecule has 0 spiro atoms. The molecule has 4 nitrogen and oxygen atoms in total. The number of rotatable bonds is 2. The summed E-state index contributed by atoms with van der Waals surface area (Å²) < 4.78 is 6.38. The van der Waals surface area contributed by atoms with Gasteiger partial charge in [0, 0.05) is 5.56 Å². The summed E-state index contributed by atoms with van der Waals surface area (Å²) in [7, 11) is 1.67. The van der Waals surface area contributed by atoms with Gasteiger partial charge in [-0.1, -0.05) is 6.07 Å². The third-order valence-corrected chi connectivity index (χ3v) is 3.72. The highest BCUT2D eigenvalue weighted by molar-refractivity contribution is 14.1. The number of ether oxygens (including phenoxy) is 1. The first kappa shape index (κ1) is 12.2. The predicted molar refractivity (Wildman–Crippen MR) is 77.2 cm³/mol. The van der Waals surface area contributed by atoms with Crippen molar-refractivity contribution >= 4 is 28.4 Å². The zero-order valence-electron chi connectivity index (χ0n) is 9.97. The van der Waals surface area contributed by atoms with E-state index >= 15 is 0 Å². The fourth-order valence-electron chi connectivity index (χ4n) is 1.93. The Morgan fingerprint density at radius 1 is 1.35 bits per heavy atom. The number of nitrogens with zero attached hydrogens (tertiary/aromatic N) is 1. The summed E-state index contributed by atoms with van der Waals surface area (Å²) in [6.45, 7) is 4.09. The van der Waals surface area contributed by atoms with Gasteiger partial charge >= 0.3 is 0 Å². The molecule has 0 amide bonds. The predicted octanol–water partition coefficient (Wildman–Crippen LogP) is 2.89. The Morgan fingerprint density at radius 3 is 2.59 bits per heavy atom. The van der Waals surface area contributed by atoms with E-state index in [0.717, 1.165) is 26.1 Å². The zero-order valence-corrected chi connectivity index (χ0v) is 12.1. The summed E-state index contributed by atoms with van der Waals surface area (Å²) in [6, 6.07) is 4.16. The molecule has 1 aromatic heterocycles. The number of anilines is 1. The summed E-state index contributed by atoms with van der Waals surface area (Å²) in [5.74, 6) is 1.37. The van der Waals surface area contributed by atoms with Crippen LogP contribution in [0.3, 0.4) is 0 Å². The number of nitrogens with two attached hydrogens (primary N) is 1. The van der Waals surface area contributed by atoms with Crippen LogP contribution in [0.1, 0.15) is 11.1 Å². The number of benzene rings is 1. The Labute approximate surface area is 114 Å². The van der Waals surface area contributed by atoms with Gasteiger partial charge in [0.1, 0.15) is 5.75 Å². The molecule has 0 fully saturated rings. The van der Waals surface area contributed by atoms with E-state index in [1.807, 2.05) is 6.92 Å². The van der Waals surface area contributed by atoms with Crippen LogP contribution in [-0.2, 0) is 0 Å². The first-order chi connectivity index (χ1) is 8.04. The number of hydrogen-bond donors (Lipinski definition) is 2.